The van der Waals surface area contributed by atoms with Crippen LogP contribution in [0.2, 0.25) is 0 Å². The normalized spacial score (nSPS) is 31.4. The van der Waals surface area contributed by atoms with Gasteiger partial charge in [0.1, 0.15) is 16.4 Å². The third-order valence-electron chi connectivity index (χ3n) is 8.02. The number of hydrogen-bond acceptors (Lipinski definition) is 9. The topological polar surface area (TPSA) is 123 Å². The Kier molecular flexibility index (Phi) is 4.56. The summed E-state index contributed by atoms with van der Waals surface area (Å²) in [4.78, 5) is 14.2. The Morgan fingerprint density at radius 3 is 2.58 bits per heavy atom. The number of thiazole rings is 1. The van der Waals surface area contributed by atoms with Crippen LogP contribution >= 0.6 is 11.3 Å². The number of aliphatic hydroxyl groups is 3. The zero-order valence-corrected chi connectivity index (χ0v) is 19.6. The van der Waals surface area contributed by atoms with Crippen LogP contribution in [0.3, 0.4) is 0 Å². The van der Waals surface area contributed by atoms with Crippen molar-refractivity contribution in [1.29, 1.82) is 0 Å². The van der Waals surface area contributed by atoms with Gasteiger partial charge in [0.15, 0.2) is 5.72 Å². The van der Waals surface area contributed by atoms with Crippen molar-refractivity contribution < 1.29 is 15.3 Å². The number of nitrogens with one attached hydrogen (secondary N) is 2. The van der Waals surface area contributed by atoms with Crippen molar-refractivity contribution in [3.8, 4) is 10.6 Å². The number of fused-ring (bicyclic) bond motifs is 2. The van der Waals surface area contributed by atoms with Gasteiger partial charge >= 0.3 is 0 Å². The van der Waals surface area contributed by atoms with Crippen molar-refractivity contribution in [2.24, 2.45) is 11.3 Å². The van der Waals surface area contributed by atoms with Crippen molar-refractivity contribution in [2.45, 2.75) is 63.4 Å². The van der Waals surface area contributed by atoms with E-state index in [1.54, 1.807) is 0 Å². The zero-order valence-electron chi connectivity index (χ0n) is 18.8. The first kappa shape index (κ1) is 21.2. The molecule has 2 aromatic heterocycles. The SMILES string of the molecule is CCC1(CNc2nc(C)c(-c3nc4ccccc4s3)c(NC3(O)CCC4C(O)C43O)n2)CC1. The third kappa shape index (κ3) is 3.17. The first-order chi connectivity index (χ1) is 15.8. The molecule has 174 valence electrons. The molecule has 4 atom stereocenters. The van der Waals surface area contributed by atoms with E-state index in [0.717, 1.165) is 33.9 Å². The van der Waals surface area contributed by atoms with Gasteiger partial charge in [-0.05, 0) is 56.6 Å². The highest BCUT2D eigenvalue weighted by atomic mass is 32.1. The summed E-state index contributed by atoms with van der Waals surface area (Å²) in [6.07, 6.45) is 3.46. The van der Waals surface area contributed by atoms with Crippen LogP contribution in [-0.4, -0.2) is 54.2 Å². The second-order valence-corrected chi connectivity index (χ2v) is 11.0. The molecule has 0 saturated heterocycles. The minimum absolute atomic E-state index is 0.319. The lowest BCUT2D eigenvalue weighted by atomic mass is 10.0. The minimum Gasteiger partial charge on any atom is -0.390 e. The second-order valence-electron chi connectivity index (χ2n) is 9.95. The van der Waals surface area contributed by atoms with Gasteiger partial charge in [0.2, 0.25) is 5.95 Å². The van der Waals surface area contributed by atoms with E-state index >= 15 is 0 Å². The highest BCUT2D eigenvalue weighted by Crippen LogP contribution is 2.61. The summed E-state index contributed by atoms with van der Waals surface area (Å²) in [5.41, 5.74) is -0.585. The molecule has 0 radical (unpaired) electrons. The van der Waals surface area contributed by atoms with E-state index < -0.39 is 17.4 Å². The molecule has 3 saturated carbocycles. The van der Waals surface area contributed by atoms with Gasteiger partial charge in [-0.3, -0.25) is 0 Å². The second kappa shape index (κ2) is 7.09. The molecule has 4 unspecified atom stereocenters. The number of aliphatic hydroxyl groups excluding tert-OH is 1. The molecular weight excluding hydrogens is 438 g/mol. The molecule has 2 heterocycles. The Bertz CT molecular complexity index is 1210. The summed E-state index contributed by atoms with van der Waals surface area (Å²) in [5, 5.41) is 39.8. The molecular formula is C24H29N5O3S. The van der Waals surface area contributed by atoms with Crippen molar-refractivity contribution in [3.63, 3.8) is 0 Å². The maximum Gasteiger partial charge on any atom is 0.224 e. The Morgan fingerprint density at radius 2 is 1.91 bits per heavy atom. The number of aryl methyl sites for hydroxylation is 1. The van der Waals surface area contributed by atoms with Gasteiger partial charge in [-0.1, -0.05) is 19.1 Å². The summed E-state index contributed by atoms with van der Waals surface area (Å²) in [6, 6.07) is 7.92. The molecule has 3 aromatic rings. The fourth-order valence-electron chi connectivity index (χ4n) is 5.35. The smallest absolute Gasteiger partial charge is 0.224 e. The summed E-state index contributed by atoms with van der Waals surface area (Å²) >= 11 is 1.54. The standard InChI is InChI=1S/C24H29N5O3S/c1-3-22(10-11-22)12-25-21-26-13(2)17(20-27-15-6-4-5-7-16(15)33-20)19(28-21)29-23(31)9-8-14-18(30)24(14,23)32/h4-7,14,18,30-32H,3,8-12H2,1-2H3,(H2,25,26,28,29). The minimum atomic E-state index is -1.66. The maximum atomic E-state index is 11.4. The lowest BCUT2D eigenvalue weighted by Gasteiger charge is -2.33. The third-order valence-corrected chi connectivity index (χ3v) is 9.07. The van der Waals surface area contributed by atoms with Gasteiger partial charge in [0.05, 0.1) is 27.6 Å². The van der Waals surface area contributed by atoms with E-state index in [1.165, 1.54) is 24.2 Å². The number of anilines is 2. The molecule has 0 bridgehead atoms. The van der Waals surface area contributed by atoms with Gasteiger partial charge in [-0.15, -0.1) is 11.3 Å². The quantitative estimate of drug-likeness (QED) is 0.336. The van der Waals surface area contributed by atoms with Gasteiger partial charge in [0, 0.05) is 12.5 Å². The number of hydrogen-bond donors (Lipinski definition) is 5. The van der Waals surface area contributed by atoms with Gasteiger partial charge in [-0.25, -0.2) is 9.97 Å². The van der Waals surface area contributed by atoms with Crippen LogP contribution in [0.1, 0.15) is 44.7 Å². The largest absolute Gasteiger partial charge is 0.390 e. The van der Waals surface area contributed by atoms with Crippen LogP contribution in [0, 0.1) is 18.3 Å². The van der Waals surface area contributed by atoms with Crippen LogP contribution in [-0.2, 0) is 0 Å². The molecule has 8 nitrogen and oxygen atoms in total. The van der Waals surface area contributed by atoms with Crippen molar-refractivity contribution >= 4 is 33.3 Å². The van der Waals surface area contributed by atoms with Gasteiger partial charge in [-0.2, -0.15) is 4.98 Å². The summed E-state index contributed by atoms with van der Waals surface area (Å²) in [5.74, 6) is 0.586. The Labute approximate surface area is 196 Å². The lowest BCUT2D eigenvalue weighted by molar-refractivity contribution is -0.0851. The van der Waals surface area contributed by atoms with E-state index in [9.17, 15) is 15.3 Å². The highest BCUT2D eigenvalue weighted by Gasteiger charge is 2.78. The Hall–Kier alpha value is -2.33. The van der Waals surface area contributed by atoms with Gasteiger partial charge < -0.3 is 26.0 Å². The number of aromatic nitrogens is 3. The molecule has 0 amide bonds. The molecule has 3 fully saturated rings. The average Bonchev–Trinajstić information content (AvgIpc) is 3.58. The Morgan fingerprint density at radius 1 is 1.12 bits per heavy atom. The van der Waals surface area contributed by atoms with E-state index in [-0.39, 0.29) is 5.92 Å². The van der Waals surface area contributed by atoms with Crippen LogP contribution in [0.25, 0.3) is 20.8 Å². The Balaban J connectivity index is 1.41. The zero-order chi connectivity index (χ0) is 23.0. The first-order valence-corrected chi connectivity index (χ1v) is 12.5. The molecule has 3 aliphatic rings. The molecule has 5 N–H and O–H groups in total. The number of benzene rings is 1. The van der Waals surface area contributed by atoms with Crippen LogP contribution in [0.5, 0.6) is 0 Å². The first-order valence-electron chi connectivity index (χ1n) is 11.7. The summed E-state index contributed by atoms with van der Waals surface area (Å²) < 4.78 is 1.05. The molecule has 0 aliphatic heterocycles. The van der Waals surface area contributed by atoms with E-state index in [2.05, 4.69) is 17.6 Å². The summed E-state index contributed by atoms with van der Waals surface area (Å²) in [6.45, 7) is 4.92. The predicted molar refractivity (Wildman–Crippen MR) is 128 cm³/mol. The van der Waals surface area contributed by atoms with Crippen molar-refractivity contribution in [3.05, 3.63) is 30.0 Å². The molecule has 6 rings (SSSR count). The number of para-hydroxylation sites is 1. The van der Waals surface area contributed by atoms with Crippen molar-refractivity contribution in [2.75, 3.05) is 17.2 Å². The molecule has 33 heavy (non-hydrogen) atoms. The van der Waals surface area contributed by atoms with Gasteiger partial charge in [0.25, 0.3) is 0 Å². The molecule has 1 aromatic carbocycles. The van der Waals surface area contributed by atoms with E-state index in [0.29, 0.717) is 35.6 Å². The van der Waals surface area contributed by atoms with Crippen LogP contribution in [0.4, 0.5) is 11.8 Å². The maximum absolute atomic E-state index is 11.4. The predicted octanol–water partition coefficient (Wildman–Crippen LogP) is 3.28. The van der Waals surface area contributed by atoms with E-state index in [1.807, 2.05) is 31.2 Å². The summed E-state index contributed by atoms with van der Waals surface area (Å²) in [7, 11) is 0. The highest BCUT2D eigenvalue weighted by molar-refractivity contribution is 7.21. The number of nitrogens with zero attached hydrogens (tertiary/aromatic N) is 3. The average molecular weight is 468 g/mol. The fourth-order valence-corrected chi connectivity index (χ4v) is 6.42. The number of rotatable bonds is 7. The van der Waals surface area contributed by atoms with E-state index in [4.69, 9.17) is 15.0 Å². The fraction of sp³-hybridized carbons (Fsp3) is 0.542. The monoisotopic (exact) mass is 467 g/mol. The van der Waals surface area contributed by atoms with Crippen LogP contribution in [0.15, 0.2) is 24.3 Å². The lowest BCUT2D eigenvalue weighted by Crippen LogP contribution is -2.51. The molecule has 9 heteroatoms. The van der Waals surface area contributed by atoms with Crippen molar-refractivity contribution in [1.82, 2.24) is 15.0 Å². The molecule has 3 aliphatic carbocycles. The van der Waals surface area contributed by atoms with Crippen LogP contribution < -0.4 is 10.6 Å². The molecule has 0 spiro atoms.